The van der Waals surface area contributed by atoms with Gasteiger partial charge >= 0.3 is 6.03 Å². The number of aliphatic hydroxyl groups excluding tert-OH is 1. The van der Waals surface area contributed by atoms with Gasteiger partial charge in [0.05, 0.1) is 0 Å². The predicted molar refractivity (Wildman–Crippen MR) is 69.5 cm³/mol. The Hall–Kier alpha value is -1.75. The minimum atomic E-state index is -0.227. The molecule has 5 nitrogen and oxygen atoms in total. The van der Waals surface area contributed by atoms with Crippen LogP contribution in [0.15, 0.2) is 24.3 Å². The molecule has 0 bridgehead atoms. The molecule has 0 radical (unpaired) electrons. The Morgan fingerprint density at radius 3 is 2.61 bits per heavy atom. The molecule has 0 aliphatic carbocycles. The smallest absolute Gasteiger partial charge is 0.315 e. The number of nitrogens with one attached hydrogen (secondary N) is 2. The number of phenolic OH excluding ortho intramolecular Hbond substituents is 1. The number of hydrogen-bond donors (Lipinski definition) is 4. The SMILES string of the molecule is CC(Cc1ccc(O)cc1)NC(=O)NCCCO. The number of urea groups is 1. The number of benzene rings is 1. The van der Waals surface area contributed by atoms with Crippen molar-refractivity contribution >= 4 is 6.03 Å². The Morgan fingerprint density at radius 2 is 2.00 bits per heavy atom. The topological polar surface area (TPSA) is 81.6 Å². The number of aromatic hydroxyl groups is 1. The predicted octanol–water partition coefficient (Wildman–Crippen LogP) is 1.00. The first-order chi connectivity index (χ1) is 8.61. The molecular formula is C13H20N2O3. The summed E-state index contributed by atoms with van der Waals surface area (Å²) < 4.78 is 0. The van der Waals surface area contributed by atoms with Crippen LogP contribution in [0.4, 0.5) is 4.79 Å². The Balaban J connectivity index is 2.30. The monoisotopic (exact) mass is 252 g/mol. The van der Waals surface area contributed by atoms with Gasteiger partial charge in [0.2, 0.25) is 0 Å². The Bertz CT molecular complexity index is 365. The summed E-state index contributed by atoms with van der Waals surface area (Å²) in [4.78, 5) is 11.4. The molecule has 1 aromatic carbocycles. The lowest BCUT2D eigenvalue weighted by Crippen LogP contribution is -2.42. The van der Waals surface area contributed by atoms with Crippen molar-refractivity contribution in [3.8, 4) is 5.75 Å². The van der Waals surface area contributed by atoms with Crippen molar-refractivity contribution < 1.29 is 15.0 Å². The van der Waals surface area contributed by atoms with Crippen molar-refractivity contribution in [3.05, 3.63) is 29.8 Å². The highest BCUT2D eigenvalue weighted by molar-refractivity contribution is 5.74. The number of carbonyl (C=O) groups is 1. The van der Waals surface area contributed by atoms with Crippen molar-refractivity contribution in [1.29, 1.82) is 0 Å². The van der Waals surface area contributed by atoms with Crippen molar-refractivity contribution in [2.45, 2.75) is 25.8 Å². The van der Waals surface area contributed by atoms with Crippen molar-refractivity contribution in [3.63, 3.8) is 0 Å². The molecule has 5 heteroatoms. The van der Waals surface area contributed by atoms with Crippen LogP contribution in [0.1, 0.15) is 18.9 Å². The molecule has 0 aromatic heterocycles. The Kier molecular flexibility index (Phi) is 6.00. The molecule has 1 atom stereocenters. The zero-order valence-corrected chi connectivity index (χ0v) is 10.5. The van der Waals surface area contributed by atoms with Crippen LogP contribution in [0, 0.1) is 0 Å². The number of phenols is 1. The maximum Gasteiger partial charge on any atom is 0.315 e. The first-order valence-corrected chi connectivity index (χ1v) is 6.05. The van der Waals surface area contributed by atoms with Crippen LogP contribution >= 0.6 is 0 Å². The molecule has 18 heavy (non-hydrogen) atoms. The van der Waals surface area contributed by atoms with Crippen LogP contribution in [0.3, 0.4) is 0 Å². The average Bonchev–Trinajstić information content (AvgIpc) is 2.32. The average molecular weight is 252 g/mol. The van der Waals surface area contributed by atoms with Gasteiger partial charge in [-0.2, -0.15) is 0 Å². The van der Waals surface area contributed by atoms with Crippen LogP contribution < -0.4 is 10.6 Å². The number of aliphatic hydroxyl groups is 1. The number of carbonyl (C=O) groups excluding carboxylic acids is 1. The zero-order chi connectivity index (χ0) is 13.4. The second kappa shape index (κ2) is 7.55. The summed E-state index contributed by atoms with van der Waals surface area (Å²) >= 11 is 0. The summed E-state index contributed by atoms with van der Waals surface area (Å²) in [6.45, 7) is 2.45. The zero-order valence-electron chi connectivity index (χ0n) is 10.5. The quantitative estimate of drug-likeness (QED) is 0.570. The largest absolute Gasteiger partial charge is 0.508 e. The fourth-order valence-electron chi connectivity index (χ4n) is 1.59. The van der Waals surface area contributed by atoms with E-state index in [0.29, 0.717) is 19.4 Å². The minimum Gasteiger partial charge on any atom is -0.508 e. The Morgan fingerprint density at radius 1 is 1.33 bits per heavy atom. The standard InChI is InChI=1S/C13H20N2O3/c1-10(15-13(18)14-7-2-8-16)9-11-3-5-12(17)6-4-11/h3-6,10,16-17H,2,7-9H2,1H3,(H2,14,15,18). The van der Waals surface area contributed by atoms with Crippen LogP contribution in [0.2, 0.25) is 0 Å². The van der Waals surface area contributed by atoms with Gasteiger partial charge in [-0.15, -0.1) is 0 Å². The van der Waals surface area contributed by atoms with Crippen LogP contribution in [-0.2, 0) is 6.42 Å². The van der Waals surface area contributed by atoms with Crippen LogP contribution in [0.25, 0.3) is 0 Å². The number of hydrogen-bond acceptors (Lipinski definition) is 3. The second-order valence-corrected chi connectivity index (χ2v) is 4.25. The summed E-state index contributed by atoms with van der Waals surface area (Å²) in [7, 11) is 0. The lowest BCUT2D eigenvalue weighted by molar-refractivity contribution is 0.235. The number of rotatable bonds is 6. The summed E-state index contributed by atoms with van der Waals surface area (Å²) in [6.07, 6.45) is 1.26. The van der Waals surface area contributed by atoms with Crippen molar-refractivity contribution in [1.82, 2.24) is 10.6 Å². The highest BCUT2D eigenvalue weighted by atomic mass is 16.3. The molecule has 0 saturated carbocycles. The maximum atomic E-state index is 11.4. The highest BCUT2D eigenvalue weighted by Gasteiger charge is 2.07. The molecule has 1 aromatic rings. The highest BCUT2D eigenvalue weighted by Crippen LogP contribution is 2.11. The van der Waals surface area contributed by atoms with Crippen molar-refractivity contribution in [2.24, 2.45) is 0 Å². The van der Waals surface area contributed by atoms with Gasteiger partial charge in [-0.05, 0) is 37.5 Å². The van der Waals surface area contributed by atoms with Crippen LogP contribution in [-0.4, -0.2) is 35.4 Å². The molecule has 0 aliphatic heterocycles. The first kappa shape index (κ1) is 14.3. The molecule has 4 N–H and O–H groups in total. The van der Waals surface area contributed by atoms with Gasteiger partial charge in [-0.3, -0.25) is 0 Å². The van der Waals surface area contributed by atoms with E-state index in [0.717, 1.165) is 5.56 Å². The van der Waals surface area contributed by atoms with E-state index in [9.17, 15) is 4.79 Å². The summed E-state index contributed by atoms with van der Waals surface area (Å²) in [5.74, 6) is 0.237. The van der Waals surface area contributed by atoms with Gasteiger partial charge in [0, 0.05) is 19.2 Å². The van der Waals surface area contributed by atoms with Gasteiger partial charge in [-0.1, -0.05) is 12.1 Å². The Labute approximate surface area is 107 Å². The number of amides is 2. The molecule has 0 heterocycles. The molecular weight excluding hydrogens is 232 g/mol. The fourth-order valence-corrected chi connectivity index (χ4v) is 1.59. The van der Waals surface area contributed by atoms with E-state index in [-0.39, 0.29) is 24.4 Å². The van der Waals surface area contributed by atoms with Gasteiger partial charge in [0.15, 0.2) is 0 Å². The first-order valence-electron chi connectivity index (χ1n) is 6.05. The minimum absolute atomic E-state index is 0.00340. The molecule has 1 rings (SSSR count). The van der Waals surface area contributed by atoms with E-state index >= 15 is 0 Å². The normalized spacial score (nSPS) is 11.9. The molecule has 0 fully saturated rings. The summed E-state index contributed by atoms with van der Waals surface area (Å²) in [5.41, 5.74) is 1.05. The summed E-state index contributed by atoms with van der Waals surface area (Å²) in [6, 6.07) is 6.69. The molecule has 2 amide bonds. The summed E-state index contributed by atoms with van der Waals surface area (Å²) in [5, 5.41) is 23.2. The third-order valence-electron chi connectivity index (χ3n) is 2.48. The van der Waals surface area contributed by atoms with Gasteiger partial charge in [0.1, 0.15) is 5.75 Å². The third-order valence-corrected chi connectivity index (χ3v) is 2.48. The van der Waals surface area contributed by atoms with Crippen LogP contribution in [0.5, 0.6) is 5.75 Å². The maximum absolute atomic E-state index is 11.4. The molecule has 0 aliphatic rings. The van der Waals surface area contributed by atoms with E-state index < -0.39 is 0 Å². The van der Waals surface area contributed by atoms with E-state index in [1.165, 1.54) is 0 Å². The molecule has 100 valence electrons. The van der Waals surface area contributed by atoms with Gasteiger partial charge < -0.3 is 20.8 Å². The second-order valence-electron chi connectivity index (χ2n) is 4.25. The van der Waals surface area contributed by atoms with E-state index in [2.05, 4.69) is 10.6 Å². The lowest BCUT2D eigenvalue weighted by Gasteiger charge is -2.14. The lowest BCUT2D eigenvalue weighted by atomic mass is 10.1. The van der Waals surface area contributed by atoms with Gasteiger partial charge in [0.25, 0.3) is 0 Å². The fraction of sp³-hybridized carbons (Fsp3) is 0.462. The van der Waals surface area contributed by atoms with E-state index in [4.69, 9.17) is 10.2 Å². The third kappa shape index (κ3) is 5.54. The van der Waals surface area contributed by atoms with E-state index in [1.807, 2.05) is 19.1 Å². The molecule has 0 saturated heterocycles. The molecule has 0 spiro atoms. The van der Waals surface area contributed by atoms with E-state index in [1.54, 1.807) is 12.1 Å². The van der Waals surface area contributed by atoms with Crippen molar-refractivity contribution in [2.75, 3.05) is 13.2 Å². The van der Waals surface area contributed by atoms with Gasteiger partial charge in [-0.25, -0.2) is 4.79 Å². The molecule has 1 unspecified atom stereocenters.